The molecule has 23 heavy (non-hydrogen) atoms. The molecule has 5 heteroatoms. The van der Waals surface area contributed by atoms with Crippen molar-refractivity contribution in [2.45, 2.75) is 32.7 Å². The van der Waals surface area contributed by atoms with Gasteiger partial charge in [-0.15, -0.1) is 11.3 Å². The van der Waals surface area contributed by atoms with E-state index in [0.717, 1.165) is 29.5 Å². The number of amides is 1. The van der Waals surface area contributed by atoms with Crippen LogP contribution < -0.4 is 0 Å². The fourth-order valence-electron chi connectivity index (χ4n) is 2.97. The number of hydrogen-bond donors (Lipinski definition) is 0. The summed E-state index contributed by atoms with van der Waals surface area (Å²) in [7, 11) is 1.89. The predicted molar refractivity (Wildman–Crippen MR) is 95.6 cm³/mol. The quantitative estimate of drug-likeness (QED) is 0.860. The summed E-state index contributed by atoms with van der Waals surface area (Å²) in [5, 5.41) is 1.01. The number of fused-ring (bicyclic) bond motifs is 1. The van der Waals surface area contributed by atoms with Crippen LogP contribution in [0.1, 0.15) is 37.7 Å². The first-order valence-corrected chi connectivity index (χ1v) is 9.19. The first-order valence-electron chi connectivity index (χ1n) is 8.38. The summed E-state index contributed by atoms with van der Waals surface area (Å²) in [5.74, 6) is 0.979. The molecule has 0 radical (unpaired) electrons. The molecule has 1 amide bonds. The second-order valence-electron chi connectivity index (χ2n) is 6.66. The molecule has 0 aliphatic carbocycles. The minimum absolute atomic E-state index is 0.0172. The molecule has 1 aromatic heterocycles. The lowest BCUT2D eigenvalue weighted by atomic mass is 9.99. The zero-order valence-corrected chi connectivity index (χ0v) is 15.0. The van der Waals surface area contributed by atoms with Gasteiger partial charge in [0.1, 0.15) is 5.01 Å². The van der Waals surface area contributed by atoms with Crippen LogP contribution >= 0.6 is 11.3 Å². The average Bonchev–Trinajstić information content (AvgIpc) is 2.99. The van der Waals surface area contributed by atoms with E-state index in [1.807, 2.05) is 30.1 Å². The Morgan fingerprint density at radius 2 is 2.09 bits per heavy atom. The fourth-order valence-corrected chi connectivity index (χ4v) is 4.04. The van der Waals surface area contributed by atoms with E-state index in [1.54, 1.807) is 11.3 Å². The van der Waals surface area contributed by atoms with Crippen LogP contribution in [0, 0.1) is 5.92 Å². The Bertz CT molecular complexity index is 643. The van der Waals surface area contributed by atoms with E-state index in [4.69, 9.17) is 0 Å². The van der Waals surface area contributed by atoms with Gasteiger partial charge in [-0.1, -0.05) is 19.1 Å². The number of nitrogens with zero attached hydrogens (tertiary/aromatic N) is 3. The van der Waals surface area contributed by atoms with E-state index in [-0.39, 0.29) is 11.9 Å². The molecule has 3 rings (SSSR count). The number of piperidine rings is 1. The number of hydrogen-bond acceptors (Lipinski definition) is 4. The SMILES string of the molecule is CC1CCN(CC(=O)N(C)[C@H](C)c2nc3ccccc3s2)CC1. The maximum absolute atomic E-state index is 12.6. The highest BCUT2D eigenvalue weighted by atomic mass is 32.1. The largest absolute Gasteiger partial charge is 0.335 e. The molecule has 4 nitrogen and oxygen atoms in total. The molecule has 0 N–H and O–H groups in total. The molecule has 124 valence electrons. The third-order valence-electron chi connectivity index (χ3n) is 4.88. The maximum atomic E-state index is 12.6. The van der Waals surface area contributed by atoms with E-state index in [1.165, 1.54) is 17.5 Å². The maximum Gasteiger partial charge on any atom is 0.237 e. The summed E-state index contributed by atoms with van der Waals surface area (Å²) in [5.41, 5.74) is 1.02. The number of likely N-dealkylation sites (N-methyl/N-ethyl adjacent to an activating group) is 1. The molecule has 1 aliphatic heterocycles. The minimum Gasteiger partial charge on any atom is -0.335 e. The predicted octanol–water partition coefficient (Wildman–Crippen LogP) is 3.55. The molecular weight excluding hydrogens is 306 g/mol. The lowest BCUT2D eigenvalue weighted by Crippen LogP contribution is -2.42. The van der Waals surface area contributed by atoms with Crippen molar-refractivity contribution in [1.29, 1.82) is 0 Å². The van der Waals surface area contributed by atoms with Crippen LogP contribution in [0.25, 0.3) is 10.2 Å². The number of benzene rings is 1. The molecule has 2 aromatic rings. The molecule has 2 heterocycles. The minimum atomic E-state index is 0.0172. The van der Waals surface area contributed by atoms with Gasteiger partial charge in [-0.25, -0.2) is 4.98 Å². The third kappa shape index (κ3) is 3.72. The van der Waals surface area contributed by atoms with Crippen molar-refractivity contribution in [3.05, 3.63) is 29.3 Å². The number of para-hydroxylation sites is 1. The van der Waals surface area contributed by atoms with Gasteiger partial charge in [-0.05, 0) is 50.9 Å². The number of carbonyl (C=O) groups is 1. The van der Waals surface area contributed by atoms with Gasteiger partial charge in [0.15, 0.2) is 0 Å². The molecule has 0 spiro atoms. The lowest BCUT2D eigenvalue weighted by molar-refractivity contribution is -0.133. The highest BCUT2D eigenvalue weighted by Gasteiger charge is 2.24. The van der Waals surface area contributed by atoms with Crippen molar-refractivity contribution >= 4 is 27.5 Å². The Morgan fingerprint density at radius 3 is 2.78 bits per heavy atom. The highest BCUT2D eigenvalue weighted by molar-refractivity contribution is 7.18. The van der Waals surface area contributed by atoms with Gasteiger partial charge in [0.05, 0.1) is 22.8 Å². The molecular formula is C18H25N3OS. The zero-order chi connectivity index (χ0) is 16.4. The number of rotatable bonds is 4. The molecule has 0 unspecified atom stereocenters. The van der Waals surface area contributed by atoms with Gasteiger partial charge in [0, 0.05) is 7.05 Å². The van der Waals surface area contributed by atoms with Gasteiger partial charge in [-0.3, -0.25) is 9.69 Å². The van der Waals surface area contributed by atoms with Crippen LogP contribution in [0.3, 0.4) is 0 Å². The van der Waals surface area contributed by atoms with E-state index < -0.39 is 0 Å². The lowest BCUT2D eigenvalue weighted by Gasteiger charge is -2.32. The highest BCUT2D eigenvalue weighted by Crippen LogP contribution is 2.29. The summed E-state index contributed by atoms with van der Waals surface area (Å²) in [4.78, 5) is 21.4. The van der Waals surface area contributed by atoms with Crippen molar-refractivity contribution in [3.63, 3.8) is 0 Å². The Labute approximate surface area is 142 Å². The Morgan fingerprint density at radius 1 is 1.39 bits per heavy atom. The summed E-state index contributed by atoms with van der Waals surface area (Å²) in [6, 6.07) is 8.16. The van der Waals surface area contributed by atoms with Crippen LogP contribution in [0.2, 0.25) is 0 Å². The van der Waals surface area contributed by atoms with Crippen molar-refractivity contribution in [2.75, 3.05) is 26.7 Å². The summed E-state index contributed by atoms with van der Waals surface area (Å²) < 4.78 is 1.18. The average molecular weight is 331 g/mol. The van der Waals surface area contributed by atoms with Crippen molar-refractivity contribution in [1.82, 2.24) is 14.8 Å². The Kier molecular flexibility index (Phi) is 4.97. The molecule has 0 bridgehead atoms. The van der Waals surface area contributed by atoms with Crippen molar-refractivity contribution in [2.24, 2.45) is 5.92 Å². The Balaban J connectivity index is 1.64. The standard InChI is InChI=1S/C18H25N3OS/c1-13-8-10-21(11-9-13)12-17(22)20(3)14(2)18-19-15-6-4-5-7-16(15)23-18/h4-7,13-14H,8-12H2,1-3H3/t14-/m1/s1. The van der Waals surface area contributed by atoms with Crippen molar-refractivity contribution < 1.29 is 4.79 Å². The summed E-state index contributed by atoms with van der Waals surface area (Å²) in [6.07, 6.45) is 2.40. The van der Waals surface area contributed by atoms with Crippen molar-refractivity contribution in [3.8, 4) is 0 Å². The molecule has 1 atom stereocenters. The van der Waals surface area contributed by atoms with Gasteiger partial charge in [0.25, 0.3) is 0 Å². The number of aromatic nitrogens is 1. The van der Waals surface area contributed by atoms with E-state index >= 15 is 0 Å². The van der Waals surface area contributed by atoms with E-state index in [2.05, 4.69) is 29.8 Å². The zero-order valence-electron chi connectivity index (χ0n) is 14.2. The van der Waals surface area contributed by atoms with Crippen LogP contribution in [0.15, 0.2) is 24.3 Å². The molecule has 1 fully saturated rings. The fraction of sp³-hybridized carbons (Fsp3) is 0.556. The van der Waals surface area contributed by atoms with Gasteiger partial charge in [-0.2, -0.15) is 0 Å². The van der Waals surface area contributed by atoms with Crippen LogP contribution in [0.4, 0.5) is 0 Å². The molecule has 1 aromatic carbocycles. The number of thiazole rings is 1. The van der Waals surface area contributed by atoms with E-state index in [0.29, 0.717) is 6.54 Å². The second kappa shape index (κ2) is 6.97. The summed E-state index contributed by atoms with van der Waals surface area (Å²) >= 11 is 1.68. The van der Waals surface area contributed by atoms with E-state index in [9.17, 15) is 4.79 Å². The summed E-state index contributed by atoms with van der Waals surface area (Å²) in [6.45, 7) is 6.96. The van der Waals surface area contributed by atoms with Crippen LogP contribution in [-0.4, -0.2) is 47.4 Å². The molecule has 1 aliphatic rings. The molecule has 1 saturated heterocycles. The van der Waals surface area contributed by atoms with Crippen LogP contribution in [0.5, 0.6) is 0 Å². The van der Waals surface area contributed by atoms with Crippen LogP contribution in [-0.2, 0) is 4.79 Å². The first kappa shape index (κ1) is 16.4. The number of carbonyl (C=O) groups excluding carboxylic acids is 1. The molecule has 0 saturated carbocycles. The van der Waals surface area contributed by atoms with Gasteiger partial charge >= 0.3 is 0 Å². The second-order valence-corrected chi connectivity index (χ2v) is 7.72. The third-order valence-corrected chi connectivity index (χ3v) is 6.08. The topological polar surface area (TPSA) is 36.4 Å². The van der Waals surface area contributed by atoms with Gasteiger partial charge < -0.3 is 4.90 Å². The number of likely N-dealkylation sites (tertiary alicyclic amines) is 1. The monoisotopic (exact) mass is 331 g/mol. The smallest absolute Gasteiger partial charge is 0.237 e. The first-order chi connectivity index (χ1) is 11.0. The normalized spacial score (nSPS) is 18.2. The Hall–Kier alpha value is -1.46. The van der Waals surface area contributed by atoms with Gasteiger partial charge in [0.2, 0.25) is 5.91 Å².